The first-order chi connectivity index (χ1) is 9.25. The van der Waals surface area contributed by atoms with Gasteiger partial charge in [0, 0.05) is 10.1 Å². The molecule has 0 amide bonds. The molecule has 0 aliphatic carbocycles. The number of hydrogen-bond acceptors (Lipinski definition) is 1. The number of benzene rings is 3. The molecular formula is C18H14S. The molecule has 0 aliphatic rings. The minimum atomic E-state index is 1.34. The van der Waals surface area contributed by atoms with Crippen LogP contribution in [0.25, 0.3) is 31.6 Å². The van der Waals surface area contributed by atoms with E-state index in [2.05, 4.69) is 61.7 Å². The summed E-state index contributed by atoms with van der Waals surface area (Å²) in [6, 6.07) is 15.5. The highest BCUT2D eigenvalue weighted by Crippen LogP contribution is 2.38. The van der Waals surface area contributed by atoms with Crippen molar-refractivity contribution < 1.29 is 0 Å². The average molecular weight is 262 g/mol. The summed E-state index contributed by atoms with van der Waals surface area (Å²) < 4.78 is 1.39. The van der Waals surface area contributed by atoms with E-state index in [-0.39, 0.29) is 0 Å². The van der Waals surface area contributed by atoms with Crippen molar-refractivity contribution in [2.75, 3.05) is 0 Å². The fraction of sp³-hybridized carbons (Fsp3) is 0.111. The van der Waals surface area contributed by atoms with Gasteiger partial charge >= 0.3 is 0 Å². The van der Waals surface area contributed by atoms with Crippen molar-refractivity contribution in [3.63, 3.8) is 0 Å². The molecule has 1 heteroatoms. The van der Waals surface area contributed by atoms with Gasteiger partial charge in [-0.15, -0.1) is 11.3 Å². The first-order valence-corrected chi connectivity index (χ1v) is 7.42. The minimum absolute atomic E-state index is 1.34. The number of aryl methyl sites for hydroxylation is 2. The molecule has 0 fully saturated rings. The van der Waals surface area contributed by atoms with Gasteiger partial charge in [0.25, 0.3) is 0 Å². The molecule has 4 aromatic rings. The predicted molar refractivity (Wildman–Crippen MR) is 86.3 cm³/mol. The summed E-state index contributed by atoms with van der Waals surface area (Å²) in [6.07, 6.45) is 0. The molecule has 0 nitrogen and oxygen atoms in total. The van der Waals surface area contributed by atoms with E-state index < -0.39 is 0 Å². The molecule has 0 unspecified atom stereocenters. The summed E-state index contributed by atoms with van der Waals surface area (Å²) in [6.45, 7) is 4.43. The molecular weight excluding hydrogens is 248 g/mol. The molecule has 0 bridgehead atoms. The summed E-state index contributed by atoms with van der Waals surface area (Å²) in [5.41, 5.74) is 2.75. The van der Waals surface area contributed by atoms with E-state index in [0.717, 1.165) is 0 Å². The Labute approximate surface area is 116 Å². The molecule has 0 N–H and O–H groups in total. The highest BCUT2D eigenvalue weighted by Gasteiger charge is 2.10. The monoisotopic (exact) mass is 262 g/mol. The largest absolute Gasteiger partial charge is 0.144 e. The lowest BCUT2D eigenvalue weighted by Gasteiger charge is -2.09. The van der Waals surface area contributed by atoms with Gasteiger partial charge in [-0.25, -0.2) is 0 Å². The second-order valence-electron chi connectivity index (χ2n) is 5.19. The molecule has 3 aromatic carbocycles. The SMILES string of the molecule is Cc1cc2ccccc2c2c1ccc1scc(C)c12. The molecule has 4 rings (SSSR count). The lowest BCUT2D eigenvalue weighted by molar-refractivity contribution is 1.56. The van der Waals surface area contributed by atoms with E-state index in [1.807, 2.05) is 11.3 Å². The van der Waals surface area contributed by atoms with Crippen LogP contribution in [0.1, 0.15) is 11.1 Å². The summed E-state index contributed by atoms with van der Waals surface area (Å²) in [5.74, 6) is 0. The van der Waals surface area contributed by atoms with Crippen LogP contribution in [0.2, 0.25) is 0 Å². The van der Waals surface area contributed by atoms with Crippen molar-refractivity contribution in [1.29, 1.82) is 0 Å². The van der Waals surface area contributed by atoms with E-state index in [9.17, 15) is 0 Å². The average Bonchev–Trinajstić information content (AvgIpc) is 2.81. The molecule has 0 spiro atoms. The quantitative estimate of drug-likeness (QED) is 0.350. The molecule has 1 heterocycles. The van der Waals surface area contributed by atoms with Crippen LogP contribution in [0.3, 0.4) is 0 Å². The van der Waals surface area contributed by atoms with Gasteiger partial charge in [0.1, 0.15) is 0 Å². The molecule has 19 heavy (non-hydrogen) atoms. The highest BCUT2D eigenvalue weighted by atomic mass is 32.1. The van der Waals surface area contributed by atoms with E-state index in [1.54, 1.807) is 0 Å². The molecule has 0 aliphatic heterocycles. The standard InChI is InChI=1S/C18H14S/c1-11-9-13-5-3-4-6-15(13)18-14(11)7-8-16-17(18)12(2)10-19-16/h3-10H,1-2H3. The van der Waals surface area contributed by atoms with Crippen molar-refractivity contribution in [1.82, 2.24) is 0 Å². The summed E-state index contributed by atoms with van der Waals surface area (Å²) in [7, 11) is 0. The Balaban J connectivity index is 2.43. The van der Waals surface area contributed by atoms with Crippen LogP contribution in [-0.4, -0.2) is 0 Å². The first kappa shape index (κ1) is 11.0. The summed E-state index contributed by atoms with van der Waals surface area (Å²) in [5, 5.41) is 9.21. The van der Waals surface area contributed by atoms with Gasteiger partial charge in [0.2, 0.25) is 0 Å². The minimum Gasteiger partial charge on any atom is -0.144 e. The maximum atomic E-state index is 2.30. The van der Waals surface area contributed by atoms with Crippen molar-refractivity contribution in [2.24, 2.45) is 0 Å². The van der Waals surface area contributed by atoms with E-state index in [0.29, 0.717) is 0 Å². The van der Waals surface area contributed by atoms with Crippen LogP contribution in [0.5, 0.6) is 0 Å². The second-order valence-corrected chi connectivity index (χ2v) is 6.11. The van der Waals surface area contributed by atoms with Gasteiger partial charge in [0.15, 0.2) is 0 Å². The predicted octanol–water partition coefficient (Wildman–Crippen LogP) is 5.82. The summed E-state index contributed by atoms with van der Waals surface area (Å²) >= 11 is 1.84. The zero-order valence-corrected chi connectivity index (χ0v) is 11.8. The third-order valence-corrected chi connectivity index (χ3v) is 5.02. The van der Waals surface area contributed by atoms with E-state index in [1.165, 1.54) is 42.8 Å². The van der Waals surface area contributed by atoms with Gasteiger partial charge in [0.05, 0.1) is 0 Å². The third-order valence-electron chi connectivity index (χ3n) is 3.95. The highest BCUT2D eigenvalue weighted by molar-refractivity contribution is 7.17. The van der Waals surface area contributed by atoms with Crippen LogP contribution in [-0.2, 0) is 0 Å². The van der Waals surface area contributed by atoms with Crippen LogP contribution in [0.15, 0.2) is 47.8 Å². The smallest absolute Gasteiger partial charge is 0.0352 e. The van der Waals surface area contributed by atoms with Crippen molar-refractivity contribution in [3.8, 4) is 0 Å². The number of hydrogen-bond donors (Lipinski definition) is 0. The Morgan fingerprint density at radius 3 is 2.53 bits per heavy atom. The van der Waals surface area contributed by atoms with Crippen molar-refractivity contribution in [3.05, 3.63) is 59.0 Å². The lowest BCUT2D eigenvalue weighted by atomic mass is 9.95. The molecule has 92 valence electrons. The first-order valence-electron chi connectivity index (χ1n) is 6.54. The van der Waals surface area contributed by atoms with Crippen LogP contribution >= 0.6 is 11.3 Å². The van der Waals surface area contributed by atoms with Crippen LogP contribution in [0, 0.1) is 13.8 Å². The van der Waals surface area contributed by atoms with Crippen molar-refractivity contribution >= 4 is 43.0 Å². The second kappa shape index (κ2) is 3.82. The number of rotatable bonds is 0. The fourth-order valence-electron chi connectivity index (χ4n) is 3.05. The third kappa shape index (κ3) is 1.45. The van der Waals surface area contributed by atoms with E-state index >= 15 is 0 Å². The molecule has 0 saturated carbocycles. The van der Waals surface area contributed by atoms with Crippen LogP contribution in [0.4, 0.5) is 0 Å². The molecule has 0 radical (unpaired) electrons. The molecule has 0 atom stereocenters. The lowest BCUT2D eigenvalue weighted by Crippen LogP contribution is -1.84. The Morgan fingerprint density at radius 1 is 0.789 bits per heavy atom. The van der Waals surface area contributed by atoms with Gasteiger partial charge in [-0.3, -0.25) is 0 Å². The zero-order valence-electron chi connectivity index (χ0n) is 11.0. The van der Waals surface area contributed by atoms with Gasteiger partial charge in [-0.05, 0) is 58.0 Å². The molecule has 0 saturated heterocycles. The maximum absolute atomic E-state index is 2.30. The Kier molecular flexibility index (Phi) is 2.21. The van der Waals surface area contributed by atoms with Gasteiger partial charge in [-0.1, -0.05) is 36.4 Å². The van der Waals surface area contributed by atoms with Crippen LogP contribution < -0.4 is 0 Å². The van der Waals surface area contributed by atoms with Gasteiger partial charge < -0.3 is 0 Å². The zero-order chi connectivity index (χ0) is 13.0. The fourth-order valence-corrected chi connectivity index (χ4v) is 4.00. The Bertz CT molecular complexity index is 929. The topological polar surface area (TPSA) is 0 Å². The maximum Gasteiger partial charge on any atom is 0.0352 e. The Morgan fingerprint density at radius 2 is 1.63 bits per heavy atom. The number of thiophene rings is 1. The molecule has 1 aromatic heterocycles. The van der Waals surface area contributed by atoms with E-state index in [4.69, 9.17) is 0 Å². The van der Waals surface area contributed by atoms with Crippen molar-refractivity contribution in [2.45, 2.75) is 13.8 Å². The summed E-state index contributed by atoms with van der Waals surface area (Å²) in [4.78, 5) is 0. The number of fused-ring (bicyclic) bond motifs is 5. The Hall–Kier alpha value is -1.86. The van der Waals surface area contributed by atoms with Gasteiger partial charge in [-0.2, -0.15) is 0 Å². The normalized spacial score (nSPS) is 11.7.